The van der Waals surface area contributed by atoms with Crippen molar-refractivity contribution in [2.24, 2.45) is 0 Å². The molecule has 4 nitrogen and oxygen atoms in total. The van der Waals surface area contributed by atoms with Crippen molar-refractivity contribution >= 4 is 21.7 Å². The second-order valence-electron chi connectivity index (χ2n) is 2.22. The molecule has 0 saturated heterocycles. The van der Waals surface area contributed by atoms with Gasteiger partial charge in [0.1, 0.15) is 17.0 Å². The van der Waals surface area contributed by atoms with E-state index in [0.717, 1.165) is 0 Å². The van der Waals surface area contributed by atoms with Crippen LogP contribution in [0.4, 0.5) is 5.82 Å². The van der Waals surface area contributed by atoms with E-state index in [4.69, 9.17) is 11.3 Å². The molecule has 0 aliphatic heterocycles. The zero-order valence-corrected chi connectivity index (χ0v) is 8.63. The van der Waals surface area contributed by atoms with Crippen molar-refractivity contribution in [1.29, 1.82) is 0 Å². The molecule has 0 unspecified atom stereocenters. The Hall–Kier alpha value is -1.12. The van der Waals surface area contributed by atoms with Gasteiger partial charge in [0.2, 0.25) is 0 Å². The minimum atomic E-state index is 0.195. The van der Waals surface area contributed by atoms with Gasteiger partial charge in [-0.05, 0) is 22.9 Å². The molecule has 0 aromatic carbocycles. The summed E-state index contributed by atoms with van der Waals surface area (Å²) in [4.78, 5) is 13.0. The van der Waals surface area contributed by atoms with E-state index in [2.05, 4.69) is 37.3 Å². The molecule has 1 rings (SSSR count). The van der Waals surface area contributed by atoms with E-state index in [0.29, 0.717) is 16.2 Å². The average molecular weight is 242 g/mol. The Balaban J connectivity index is 2.62. The molecule has 1 aromatic rings. The number of anilines is 1. The third-order valence-electron chi connectivity index (χ3n) is 1.14. The van der Waals surface area contributed by atoms with Crippen molar-refractivity contribution in [3.8, 4) is 12.3 Å². The summed E-state index contributed by atoms with van der Waals surface area (Å²) in [5.74, 6) is 3.56. The van der Waals surface area contributed by atoms with Gasteiger partial charge in [-0.15, -0.1) is 6.42 Å². The van der Waals surface area contributed by atoms with Gasteiger partial charge in [-0.3, -0.25) is 4.84 Å². The van der Waals surface area contributed by atoms with E-state index in [1.807, 2.05) is 0 Å². The van der Waals surface area contributed by atoms with Gasteiger partial charge in [-0.1, -0.05) is 5.92 Å². The number of halogens is 1. The van der Waals surface area contributed by atoms with Crippen LogP contribution in [0, 0.1) is 19.3 Å². The Bertz CT molecular complexity index is 314. The molecule has 0 amide bonds. The van der Waals surface area contributed by atoms with Crippen molar-refractivity contribution in [3.05, 3.63) is 16.5 Å². The van der Waals surface area contributed by atoms with Crippen LogP contribution in [0.25, 0.3) is 0 Å². The molecule has 0 spiro atoms. The average Bonchev–Trinajstić information content (AvgIpc) is 2.03. The van der Waals surface area contributed by atoms with Crippen LogP contribution in [0.15, 0.2) is 10.7 Å². The molecule has 1 heterocycles. The van der Waals surface area contributed by atoms with Gasteiger partial charge in [0.25, 0.3) is 0 Å². The summed E-state index contributed by atoms with van der Waals surface area (Å²) in [5.41, 5.74) is 2.60. The minimum absolute atomic E-state index is 0.195. The molecular formula is C8H8BrN3O. The third kappa shape index (κ3) is 3.40. The van der Waals surface area contributed by atoms with Gasteiger partial charge in [0.05, 0.1) is 0 Å². The van der Waals surface area contributed by atoms with Gasteiger partial charge < -0.3 is 0 Å². The van der Waals surface area contributed by atoms with E-state index < -0.39 is 0 Å². The molecule has 5 heteroatoms. The van der Waals surface area contributed by atoms with Crippen LogP contribution in [-0.2, 0) is 4.84 Å². The van der Waals surface area contributed by atoms with Crippen molar-refractivity contribution in [2.75, 3.05) is 12.1 Å². The van der Waals surface area contributed by atoms with Crippen LogP contribution < -0.4 is 5.48 Å². The second kappa shape index (κ2) is 4.80. The lowest BCUT2D eigenvalue weighted by Crippen LogP contribution is -2.04. The molecular weight excluding hydrogens is 234 g/mol. The topological polar surface area (TPSA) is 47.0 Å². The summed E-state index contributed by atoms with van der Waals surface area (Å²) in [6, 6.07) is 1.70. The first kappa shape index (κ1) is 9.96. The maximum atomic E-state index is 5.00. The molecule has 0 aliphatic carbocycles. The van der Waals surface area contributed by atoms with Crippen molar-refractivity contribution in [1.82, 2.24) is 9.97 Å². The first-order valence-electron chi connectivity index (χ1n) is 3.55. The molecule has 0 radical (unpaired) electrons. The first-order valence-corrected chi connectivity index (χ1v) is 4.34. The lowest BCUT2D eigenvalue weighted by atomic mass is 10.5. The zero-order chi connectivity index (χ0) is 9.68. The highest BCUT2D eigenvalue weighted by atomic mass is 79.9. The summed E-state index contributed by atoms with van der Waals surface area (Å²) in [6.45, 7) is 1.98. The Kier molecular flexibility index (Phi) is 3.68. The number of terminal acetylenes is 1. The standard InChI is InChI=1S/C8H8BrN3O/c1-3-4-13-12-8-5-7(9)10-6(2)11-8/h1,5H,4H2,2H3,(H,10,11,12). The Morgan fingerprint density at radius 3 is 3.08 bits per heavy atom. The third-order valence-corrected chi connectivity index (χ3v) is 1.55. The molecule has 0 atom stereocenters. The predicted octanol–water partition coefficient (Wildman–Crippen LogP) is 1.52. The number of nitrogens with zero attached hydrogens (tertiary/aromatic N) is 2. The van der Waals surface area contributed by atoms with Gasteiger partial charge in [-0.2, -0.15) is 0 Å². The van der Waals surface area contributed by atoms with E-state index in [9.17, 15) is 0 Å². The molecule has 0 saturated carbocycles. The maximum Gasteiger partial charge on any atom is 0.154 e. The second-order valence-corrected chi connectivity index (χ2v) is 3.03. The Morgan fingerprint density at radius 2 is 2.46 bits per heavy atom. The van der Waals surface area contributed by atoms with Crippen molar-refractivity contribution < 1.29 is 4.84 Å². The SMILES string of the molecule is C#CCONc1cc(Br)nc(C)n1. The summed E-state index contributed by atoms with van der Waals surface area (Å²) < 4.78 is 0.701. The van der Waals surface area contributed by atoms with Crippen LogP contribution in [0.3, 0.4) is 0 Å². The molecule has 0 bridgehead atoms. The van der Waals surface area contributed by atoms with E-state index in [1.54, 1.807) is 13.0 Å². The van der Waals surface area contributed by atoms with Gasteiger partial charge in [-0.25, -0.2) is 15.4 Å². The van der Waals surface area contributed by atoms with Crippen LogP contribution in [0.5, 0.6) is 0 Å². The number of hydrogen-bond donors (Lipinski definition) is 1. The fourth-order valence-corrected chi connectivity index (χ4v) is 1.21. The summed E-state index contributed by atoms with van der Waals surface area (Å²) in [5, 5.41) is 0. The number of aryl methyl sites for hydroxylation is 1. The summed E-state index contributed by atoms with van der Waals surface area (Å²) >= 11 is 3.23. The predicted molar refractivity (Wildman–Crippen MR) is 52.9 cm³/mol. The molecule has 68 valence electrons. The van der Waals surface area contributed by atoms with E-state index >= 15 is 0 Å². The van der Waals surface area contributed by atoms with Crippen molar-refractivity contribution in [3.63, 3.8) is 0 Å². The molecule has 1 aromatic heterocycles. The minimum Gasteiger partial charge on any atom is -0.262 e. The fraction of sp³-hybridized carbons (Fsp3) is 0.250. The molecule has 13 heavy (non-hydrogen) atoms. The highest BCUT2D eigenvalue weighted by molar-refractivity contribution is 9.10. The van der Waals surface area contributed by atoms with Gasteiger partial charge >= 0.3 is 0 Å². The normalized spacial score (nSPS) is 9.31. The van der Waals surface area contributed by atoms with Gasteiger partial charge in [0, 0.05) is 6.07 Å². The Morgan fingerprint density at radius 1 is 1.69 bits per heavy atom. The lowest BCUT2D eigenvalue weighted by molar-refractivity contribution is 0.232. The Labute approximate surface area is 84.8 Å². The molecule has 0 fully saturated rings. The maximum absolute atomic E-state index is 5.00. The highest BCUT2D eigenvalue weighted by Gasteiger charge is 1.97. The van der Waals surface area contributed by atoms with Gasteiger partial charge in [0.15, 0.2) is 5.82 Å². The molecule has 0 aliphatic rings. The fourth-order valence-electron chi connectivity index (χ4n) is 0.735. The van der Waals surface area contributed by atoms with Crippen LogP contribution in [-0.4, -0.2) is 16.6 Å². The van der Waals surface area contributed by atoms with Crippen molar-refractivity contribution in [2.45, 2.75) is 6.92 Å². The van der Waals surface area contributed by atoms with E-state index in [-0.39, 0.29) is 6.61 Å². The van der Waals surface area contributed by atoms with Crippen LogP contribution in [0.1, 0.15) is 5.82 Å². The number of aromatic nitrogens is 2. The largest absolute Gasteiger partial charge is 0.262 e. The quantitative estimate of drug-likeness (QED) is 0.378. The number of hydrogen-bond acceptors (Lipinski definition) is 4. The monoisotopic (exact) mass is 241 g/mol. The first-order chi connectivity index (χ1) is 6.22. The summed E-state index contributed by atoms with van der Waals surface area (Å²) in [7, 11) is 0. The smallest absolute Gasteiger partial charge is 0.154 e. The number of nitrogens with one attached hydrogen (secondary N) is 1. The highest BCUT2D eigenvalue weighted by Crippen LogP contribution is 2.11. The lowest BCUT2D eigenvalue weighted by Gasteiger charge is -2.03. The van der Waals surface area contributed by atoms with E-state index in [1.165, 1.54) is 0 Å². The number of rotatable bonds is 3. The zero-order valence-electron chi connectivity index (χ0n) is 7.04. The van der Waals surface area contributed by atoms with Crippen LogP contribution >= 0.6 is 15.9 Å². The van der Waals surface area contributed by atoms with Crippen LogP contribution in [0.2, 0.25) is 0 Å². The summed E-state index contributed by atoms with van der Waals surface area (Å²) in [6.07, 6.45) is 5.00. The molecule has 1 N–H and O–H groups in total.